The average Bonchev–Trinajstić information content (AvgIpc) is 2.23. The van der Waals surface area contributed by atoms with Crippen molar-refractivity contribution < 1.29 is 0 Å². The lowest BCUT2D eigenvalue weighted by Gasteiger charge is -2.06. The van der Waals surface area contributed by atoms with E-state index in [9.17, 15) is 0 Å². The van der Waals surface area contributed by atoms with Gasteiger partial charge in [0.05, 0.1) is 5.70 Å². The maximum atomic E-state index is 5.40. The van der Waals surface area contributed by atoms with Crippen LogP contribution in [0, 0.1) is 0 Å². The van der Waals surface area contributed by atoms with Gasteiger partial charge < -0.3 is 16.5 Å². The van der Waals surface area contributed by atoms with Crippen molar-refractivity contribution in [2.24, 2.45) is 11.6 Å². The molecule has 4 heteroatoms. The molecule has 76 valence electrons. The van der Waals surface area contributed by atoms with Crippen molar-refractivity contribution in [1.82, 2.24) is 10.7 Å². The molecule has 0 amide bonds. The maximum Gasteiger partial charge on any atom is 0.0713 e. The molecule has 0 radical (unpaired) electrons. The second-order valence-electron chi connectivity index (χ2n) is 2.95. The molecule has 6 N–H and O–H groups in total. The first-order chi connectivity index (χ1) is 6.81. The fourth-order valence-electron chi connectivity index (χ4n) is 1.23. The third-order valence-electron chi connectivity index (χ3n) is 1.97. The summed E-state index contributed by atoms with van der Waals surface area (Å²) in [6.45, 7) is 0.859. The van der Waals surface area contributed by atoms with E-state index in [1.165, 1.54) is 11.8 Å². The van der Waals surface area contributed by atoms with Crippen LogP contribution in [0.5, 0.6) is 0 Å². The second-order valence-corrected chi connectivity index (χ2v) is 2.95. The fraction of sp³-hybridized carbons (Fsp3) is 0.200. The van der Waals surface area contributed by atoms with E-state index in [4.69, 9.17) is 11.6 Å². The van der Waals surface area contributed by atoms with Gasteiger partial charge in [0.25, 0.3) is 0 Å². The van der Waals surface area contributed by atoms with E-state index < -0.39 is 0 Å². The second kappa shape index (κ2) is 5.26. The summed E-state index contributed by atoms with van der Waals surface area (Å²) < 4.78 is 0. The quantitative estimate of drug-likeness (QED) is 0.404. The van der Waals surface area contributed by atoms with Crippen molar-refractivity contribution in [3.05, 3.63) is 41.6 Å². The monoisotopic (exact) mass is 192 g/mol. The zero-order chi connectivity index (χ0) is 10.4. The van der Waals surface area contributed by atoms with Gasteiger partial charge in [-0.3, -0.25) is 5.84 Å². The van der Waals surface area contributed by atoms with E-state index in [1.54, 1.807) is 0 Å². The Morgan fingerprint density at radius 1 is 1.36 bits per heavy atom. The van der Waals surface area contributed by atoms with Gasteiger partial charge >= 0.3 is 0 Å². The molecule has 1 aromatic rings. The molecule has 4 nitrogen and oxygen atoms in total. The zero-order valence-electron chi connectivity index (χ0n) is 8.25. The van der Waals surface area contributed by atoms with Gasteiger partial charge in [-0.15, -0.1) is 0 Å². The van der Waals surface area contributed by atoms with Crippen molar-refractivity contribution in [2.45, 2.75) is 6.54 Å². The largest absolute Gasteiger partial charge is 0.403 e. The van der Waals surface area contributed by atoms with Crippen LogP contribution in [0.3, 0.4) is 0 Å². The van der Waals surface area contributed by atoms with E-state index in [1.807, 2.05) is 31.3 Å². The van der Waals surface area contributed by atoms with Gasteiger partial charge in [-0.25, -0.2) is 0 Å². The SMILES string of the molecule is CNCc1ccc(/C(=C/N)NN)cc1. The Labute approximate surface area is 84.0 Å². The zero-order valence-corrected chi connectivity index (χ0v) is 8.25. The van der Waals surface area contributed by atoms with Gasteiger partial charge in [0.15, 0.2) is 0 Å². The number of nitrogens with two attached hydrogens (primary N) is 2. The van der Waals surface area contributed by atoms with E-state index in [2.05, 4.69) is 10.7 Å². The van der Waals surface area contributed by atoms with Crippen LogP contribution in [0.25, 0.3) is 5.70 Å². The highest BCUT2D eigenvalue weighted by Crippen LogP contribution is 2.10. The Kier molecular flexibility index (Phi) is 3.97. The molecule has 0 saturated heterocycles. The molecule has 0 bridgehead atoms. The minimum absolute atomic E-state index is 0.723. The third kappa shape index (κ3) is 2.48. The summed E-state index contributed by atoms with van der Waals surface area (Å²) >= 11 is 0. The standard InChI is InChI=1S/C10H16N4/c1-13-7-8-2-4-9(5-3-8)10(6-11)14-12/h2-6,13-14H,7,11-12H2,1H3/b10-6-. The highest BCUT2D eigenvalue weighted by atomic mass is 15.2. The minimum Gasteiger partial charge on any atom is -0.403 e. The molecule has 0 aliphatic heterocycles. The highest BCUT2D eigenvalue weighted by molar-refractivity contribution is 5.63. The molecule has 0 unspecified atom stereocenters. The van der Waals surface area contributed by atoms with Crippen LogP contribution >= 0.6 is 0 Å². The first-order valence-electron chi connectivity index (χ1n) is 4.44. The van der Waals surface area contributed by atoms with Crippen LogP contribution in [-0.4, -0.2) is 7.05 Å². The van der Waals surface area contributed by atoms with Crippen molar-refractivity contribution in [3.8, 4) is 0 Å². The summed E-state index contributed by atoms with van der Waals surface area (Å²) in [4.78, 5) is 0. The smallest absolute Gasteiger partial charge is 0.0713 e. The lowest BCUT2D eigenvalue weighted by Crippen LogP contribution is -2.20. The van der Waals surface area contributed by atoms with Crippen LogP contribution < -0.4 is 22.3 Å². The summed E-state index contributed by atoms with van der Waals surface area (Å²) in [6, 6.07) is 8.02. The summed E-state index contributed by atoms with van der Waals surface area (Å²) in [5.41, 5.74) is 10.9. The molecule has 0 fully saturated rings. The normalized spacial score (nSPS) is 11.4. The number of rotatable bonds is 4. The fourth-order valence-corrected chi connectivity index (χ4v) is 1.23. The van der Waals surface area contributed by atoms with Gasteiger partial charge in [-0.05, 0) is 12.6 Å². The molecule has 0 heterocycles. The van der Waals surface area contributed by atoms with E-state index in [0.717, 1.165) is 17.8 Å². The Morgan fingerprint density at radius 3 is 2.43 bits per heavy atom. The lowest BCUT2D eigenvalue weighted by molar-refractivity contribution is 0.817. The number of hydrogen-bond donors (Lipinski definition) is 4. The number of nitrogens with one attached hydrogen (secondary N) is 2. The molecule has 0 aliphatic rings. The highest BCUT2D eigenvalue weighted by Gasteiger charge is 1.98. The van der Waals surface area contributed by atoms with Crippen LogP contribution in [-0.2, 0) is 6.54 Å². The predicted molar refractivity (Wildman–Crippen MR) is 58.7 cm³/mol. The number of hydrazine groups is 1. The van der Waals surface area contributed by atoms with Gasteiger partial charge in [0.1, 0.15) is 0 Å². The number of hydrogen-bond acceptors (Lipinski definition) is 4. The van der Waals surface area contributed by atoms with E-state index >= 15 is 0 Å². The van der Waals surface area contributed by atoms with Crippen LogP contribution in [0.1, 0.15) is 11.1 Å². The Balaban J connectivity index is 2.82. The van der Waals surface area contributed by atoms with E-state index in [0.29, 0.717) is 0 Å². The van der Waals surface area contributed by atoms with Gasteiger partial charge in [-0.1, -0.05) is 24.3 Å². The summed E-state index contributed by atoms with van der Waals surface area (Å²) in [5, 5.41) is 3.08. The van der Waals surface area contributed by atoms with Crippen molar-refractivity contribution >= 4 is 5.70 Å². The first-order valence-corrected chi connectivity index (χ1v) is 4.44. The molecule has 0 aromatic heterocycles. The Bertz CT molecular complexity index is 302. The molecule has 0 aliphatic carbocycles. The van der Waals surface area contributed by atoms with Crippen LogP contribution in [0.15, 0.2) is 30.5 Å². The summed E-state index contributed by atoms with van der Waals surface area (Å²) in [6.07, 6.45) is 1.45. The van der Waals surface area contributed by atoms with Crippen molar-refractivity contribution in [1.29, 1.82) is 0 Å². The van der Waals surface area contributed by atoms with Crippen LogP contribution in [0.2, 0.25) is 0 Å². The molecule has 1 rings (SSSR count). The third-order valence-corrected chi connectivity index (χ3v) is 1.97. The van der Waals surface area contributed by atoms with Gasteiger partial charge in [0, 0.05) is 18.3 Å². The predicted octanol–water partition coefficient (Wildman–Crippen LogP) is 0.126. The molecular formula is C10H16N4. The maximum absolute atomic E-state index is 5.40. The topological polar surface area (TPSA) is 76.1 Å². The van der Waals surface area contributed by atoms with Crippen LogP contribution in [0.4, 0.5) is 0 Å². The Hall–Kier alpha value is -1.52. The summed E-state index contributed by atoms with van der Waals surface area (Å²) in [5.74, 6) is 5.30. The minimum atomic E-state index is 0.723. The molecule has 0 atom stereocenters. The molecule has 1 aromatic carbocycles. The molecule has 0 saturated carbocycles. The Morgan fingerprint density at radius 2 is 2.00 bits per heavy atom. The number of benzene rings is 1. The van der Waals surface area contributed by atoms with Gasteiger partial charge in [-0.2, -0.15) is 0 Å². The summed E-state index contributed by atoms with van der Waals surface area (Å²) in [7, 11) is 1.92. The molecule has 0 spiro atoms. The van der Waals surface area contributed by atoms with Crippen molar-refractivity contribution in [3.63, 3.8) is 0 Å². The van der Waals surface area contributed by atoms with Gasteiger partial charge in [0.2, 0.25) is 0 Å². The molecule has 14 heavy (non-hydrogen) atoms. The lowest BCUT2D eigenvalue weighted by atomic mass is 10.1. The van der Waals surface area contributed by atoms with E-state index in [-0.39, 0.29) is 0 Å². The molecular weight excluding hydrogens is 176 g/mol. The average molecular weight is 192 g/mol. The van der Waals surface area contributed by atoms with Crippen molar-refractivity contribution in [2.75, 3.05) is 7.05 Å². The first kappa shape index (κ1) is 10.6.